The average Bonchev–Trinajstić information content (AvgIpc) is 3.14. The molecule has 1 fully saturated rings. The van der Waals surface area contributed by atoms with Gasteiger partial charge in [0.05, 0.1) is 11.0 Å². The van der Waals surface area contributed by atoms with E-state index in [0.29, 0.717) is 11.5 Å². The van der Waals surface area contributed by atoms with Crippen LogP contribution in [0.25, 0.3) is 11.0 Å². The van der Waals surface area contributed by atoms with Gasteiger partial charge in [-0.3, -0.25) is 0 Å². The zero-order valence-electron chi connectivity index (χ0n) is 11.8. The third-order valence-corrected chi connectivity index (χ3v) is 3.82. The van der Waals surface area contributed by atoms with Crippen molar-refractivity contribution in [2.45, 2.75) is 12.8 Å². The molecule has 0 bridgehead atoms. The van der Waals surface area contributed by atoms with Crippen molar-refractivity contribution in [1.29, 1.82) is 0 Å². The van der Waals surface area contributed by atoms with E-state index in [9.17, 15) is 0 Å². The minimum absolute atomic E-state index is 0.0767. The topological polar surface area (TPSA) is 103 Å². The Morgan fingerprint density at radius 3 is 3.00 bits per heavy atom. The Hall–Kier alpha value is -2.28. The van der Waals surface area contributed by atoms with Crippen molar-refractivity contribution in [2.75, 3.05) is 31.5 Å². The zero-order valence-corrected chi connectivity index (χ0v) is 11.8. The van der Waals surface area contributed by atoms with Crippen molar-refractivity contribution in [3.63, 3.8) is 0 Å². The van der Waals surface area contributed by atoms with Crippen LogP contribution in [0.5, 0.6) is 0 Å². The van der Waals surface area contributed by atoms with Crippen LogP contribution >= 0.6 is 0 Å². The van der Waals surface area contributed by atoms with Crippen LogP contribution in [-0.2, 0) is 0 Å². The van der Waals surface area contributed by atoms with Crippen LogP contribution in [-0.4, -0.2) is 52.1 Å². The number of amidine groups is 1. The summed E-state index contributed by atoms with van der Waals surface area (Å²) in [7, 11) is 0. The fourth-order valence-corrected chi connectivity index (χ4v) is 2.72. The highest BCUT2D eigenvalue weighted by atomic mass is 16.4. The van der Waals surface area contributed by atoms with Gasteiger partial charge in [0.2, 0.25) is 5.95 Å². The Bertz CT molecular complexity index is 644. The van der Waals surface area contributed by atoms with Gasteiger partial charge >= 0.3 is 0 Å². The van der Waals surface area contributed by atoms with Crippen LogP contribution in [0.2, 0.25) is 0 Å². The molecule has 1 aromatic carbocycles. The van der Waals surface area contributed by atoms with Crippen molar-refractivity contribution in [3.05, 3.63) is 23.8 Å². The minimum Gasteiger partial charge on any atom is -0.409 e. The van der Waals surface area contributed by atoms with E-state index in [0.717, 1.165) is 24.1 Å². The predicted octanol–water partition coefficient (Wildman–Crippen LogP) is 1.17. The summed E-state index contributed by atoms with van der Waals surface area (Å²) >= 11 is 0. The van der Waals surface area contributed by atoms with Crippen LogP contribution in [0.3, 0.4) is 0 Å². The number of hydrogen-bond acceptors (Lipinski definition) is 5. The summed E-state index contributed by atoms with van der Waals surface area (Å²) in [5.74, 6) is 0.787. The number of aromatic nitrogens is 2. The summed E-state index contributed by atoms with van der Waals surface area (Å²) in [5, 5.41) is 15.2. The van der Waals surface area contributed by atoms with Crippen LogP contribution in [0.1, 0.15) is 18.4 Å². The number of likely N-dealkylation sites (tertiary alicyclic amines) is 1. The highest BCUT2D eigenvalue weighted by Gasteiger charge is 2.12. The maximum atomic E-state index is 8.82. The van der Waals surface area contributed by atoms with Crippen LogP contribution in [0, 0.1) is 0 Å². The van der Waals surface area contributed by atoms with Crippen molar-refractivity contribution < 1.29 is 5.21 Å². The lowest BCUT2D eigenvalue weighted by Gasteiger charge is -2.14. The lowest BCUT2D eigenvalue weighted by Crippen LogP contribution is -2.26. The number of fused-ring (bicyclic) bond motifs is 1. The number of rotatable bonds is 5. The average molecular weight is 288 g/mol. The first kappa shape index (κ1) is 13.7. The van der Waals surface area contributed by atoms with Crippen molar-refractivity contribution in [1.82, 2.24) is 14.9 Å². The van der Waals surface area contributed by atoms with Gasteiger partial charge in [0, 0.05) is 18.7 Å². The van der Waals surface area contributed by atoms with Gasteiger partial charge < -0.3 is 26.1 Å². The molecule has 1 aliphatic rings. The van der Waals surface area contributed by atoms with Gasteiger partial charge in [-0.2, -0.15) is 0 Å². The van der Waals surface area contributed by atoms with Crippen LogP contribution in [0.15, 0.2) is 23.4 Å². The van der Waals surface area contributed by atoms with E-state index in [-0.39, 0.29) is 5.84 Å². The molecule has 0 aliphatic carbocycles. The molecule has 2 aromatic rings. The largest absolute Gasteiger partial charge is 0.409 e. The fraction of sp³-hybridized carbons (Fsp3) is 0.429. The summed E-state index contributed by atoms with van der Waals surface area (Å²) in [5.41, 5.74) is 7.89. The van der Waals surface area contributed by atoms with Crippen molar-refractivity contribution in [3.8, 4) is 0 Å². The number of aromatic amines is 1. The van der Waals surface area contributed by atoms with Crippen LogP contribution < -0.4 is 11.1 Å². The minimum atomic E-state index is 0.0767. The molecule has 0 atom stereocenters. The smallest absolute Gasteiger partial charge is 0.201 e. The molecule has 2 heterocycles. The van der Waals surface area contributed by atoms with E-state index in [1.807, 2.05) is 12.1 Å². The Morgan fingerprint density at radius 2 is 2.24 bits per heavy atom. The molecule has 21 heavy (non-hydrogen) atoms. The number of anilines is 1. The van der Waals surface area contributed by atoms with Crippen LogP contribution in [0.4, 0.5) is 5.95 Å². The summed E-state index contributed by atoms with van der Waals surface area (Å²) in [6.45, 7) is 4.24. The van der Waals surface area contributed by atoms with E-state index >= 15 is 0 Å². The standard InChI is InChI=1S/C14H20N6O/c15-13(19-21)10-4-3-5-11-12(10)18-14(17-11)16-6-9-20-7-1-2-8-20/h3-5,21H,1-2,6-9H2,(H2,15,19)(H2,16,17,18). The molecule has 7 heteroatoms. The number of para-hydroxylation sites is 1. The van der Waals surface area contributed by atoms with Gasteiger partial charge in [0.1, 0.15) is 0 Å². The van der Waals surface area contributed by atoms with Gasteiger partial charge in [-0.15, -0.1) is 0 Å². The molecule has 112 valence electrons. The second kappa shape index (κ2) is 6.01. The van der Waals surface area contributed by atoms with E-state index in [4.69, 9.17) is 10.9 Å². The quantitative estimate of drug-likeness (QED) is 0.286. The molecule has 7 nitrogen and oxygen atoms in total. The number of nitrogens with two attached hydrogens (primary N) is 1. The Morgan fingerprint density at radius 1 is 1.43 bits per heavy atom. The van der Waals surface area contributed by atoms with Gasteiger partial charge in [-0.25, -0.2) is 4.98 Å². The van der Waals surface area contributed by atoms with E-state index in [2.05, 4.69) is 25.3 Å². The monoisotopic (exact) mass is 288 g/mol. The fourth-order valence-electron chi connectivity index (χ4n) is 2.72. The number of hydrogen-bond donors (Lipinski definition) is 4. The summed E-state index contributed by atoms with van der Waals surface area (Å²) < 4.78 is 0. The highest BCUT2D eigenvalue weighted by Crippen LogP contribution is 2.18. The normalized spacial score (nSPS) is 16.7. The number of nitrogens with zero attached hydrogens (tertiary/aromatic N) is 3. The van der Waals surface area contributed by atoms with E-state index < -0.39 is 0 Å². The van der Waals surface area contributed by atoms with Gasteiger partial charge in [-0.1, -0.05) is 11.2 Å². The first-order valence-electron chi connectivity index (χ1n) is 7.21. The Balaban J connectivity index is 1.71. The molecular formula is C14H20N6O. The molecular weight excluding hydrogens is 268 g/mol. The SMILES string of the molecule is NC(=NO)c1cccc2nc(NCCN3CCCC3)[nH]c12. The number of imidazole rings is 1. The highest BCUT2D eigenvalue weighted by molar-refractivity contribution is 6.07. The molecule has 3 rings (SSSR count). The third kappa shape index (κ3) is 2.92. The second-order valence-electron chi connectivity index (χ2n) is 5.25. The molecule has 0 amide bonds. The van der Waals surface area contributed by atoms with Gasteiger partial charge in [-0.05, 0) is 38.1 Å². The Labute approximate surface area is 122 Å². The molecule has 0 spiro atoms. The van der Waals surface area contributed by atoms with Gasteiger partial charge in [0.25, 0.3) is 0 Å². The lowest BCUT2D eigenvalue weighted by molar-refractivity contribution is 0.318. The summed E-state index contributed by atoms with van der Waals surface area (Å²) in [4.78, 5) is 10.1. The number of oxime groups is 1. The number of H-pyrrole nitrogens is 1. The third-order valence-electron chi connectivity index (χ3n) is 3.82. The molecule has 0 saturated carbocycles. The van der Waals surface area contributed by atoms with E-state index in [1.54, 1.807) is 6.07 Å². The van der Waals surface area contributed by atoms with Crippen molar-refractivity contribution in [2.24, 2.45) is 10.9 Å². The molecule has 5 N–H and O–H groups in total. The number of nitrogens with one attached hydrogen (secondary N) is 2. The lowest BCUT2D eigenvalue weighted by atomic mass is 10.2. The number of benzene rings is 1. The Kier molecular flexibility index (Phi) is 3.92. The summed E-state index contributed by atoms with van der Waals surface area (Å²) in [6, 6.07) is 5.53. The zero-order chi connectivity index (χ0) is 14.7. The molecule has 0 radical (unpaired) electrons. The second-order valence-corrected chi connectivity index (χ2v) is 5.25. The predicted molar refractivity (Wildman–Crippen MR) is 82.8 cm³/mol. The maximum absolute atomic E-state index is 8.82. The maximum Gasteiger partial charge on any atom is 0.201 e. The van der Waals surface area contributed by atoms with Crippen molar-refractivity contribution >= 4 is 22.8 Å². The molecule has 1 aliphatic heterocycles. The first-order chi connectivity index (χ1) is 10.3. The molecule has 0 unspecified atom stereocenters. The summed E-state index contributed by atoms with van der Waals surface area (Å²) in [6.07, 6.45) is 2.60. The van der Waals surface area contributed by atoms with E-state index in [1.165, 1.54) is 25.9 Å². The molecule has 1 aromatic heterocycles. The first-order valence-corrected chi connectivity index (χ1v) is 7.21. The van der Waals surface area contributed by atoms with Gasteiger partial charge in [0.15, 0.2) is 5.84 Å². The molecule has 1 saturated heterocycles.